The summed E-state index contributed by atoms with van der Waals surface area (Å²) in [6.07, 6.45) is 2.91. The van der Waals surface area contributed by atoms with E-state index >= 15 is 0 Å². The first-order valence-electron chi connectivity index (χ1n) is 6.17. The van der Waals surface area contributed by atoms with Crippen LogP contribution in [0.3, 0.4) is 0 Å². The van der Waals surface area contributed by atoms with Gasteiger partial charge in [0.15, 0.2) is 0 Å². The normalized spacial score (nSPS) is 12.1. The Bertz CT molecular complexity index is 443. The fourth-order valence-electron chi connectivity index (χ4n) is 1.50. The third-order valence-corrected chi connectivity index (χ3v) is 3.83. The number of amides is 1. The third-order valence-electron chi connectivity index (χ3n) is 2.89. The molecule has 0 aliphatic carbocycles. The Morgan fingerprint density at radius 2 is 2.32 bits per heavy atom. The molecule has 1 aromatic heterocycles. The number of rotatable bonds is 5. The van der Waals surface area contributed by atoms with E-state index in [0.717, 1.165) is 22.0 Å². The minimum atomic E-state index is -0.520. The summed E-state index contributed by atoms with van der Waals surface area (Å²) in [7, 11) is 1.67. The van der Waals surface area contributed by atoms with Crippen LogP contribution in [0.15, 0.2) is 12.3 Å². The van der Waals surface area contributed by atoms with Gasteiger partial charge in [0.05, 0.1) is 12.6 Å². The standard InChI is InChI=1S/C13H18FIN2O2/c1-4-5-6-19-13(18)17(3)9(2)10-8-16-12(14)7-11(10)15/h7-9H,4-6H2,1-3H3. The fraction of sp³-hybridized carbons (Fsp3) is 0.538. The minimum Gasteiger partial charge on any atom is -0.449 e. The van der Waals surface area contributed by atoms with Crippen molar-refractivity contribution in [2.45, 2.75) is 32.7 Å². The molecule has 1 heterocycles. The number of aromatic nitrogens is 1. The molecule has 106 valence electrons. The second-order valence-corrected chi connectivity index (χ2v) is 5.45. The summed E-state index contributed by atoms with van der Waals surface area (Å²) in [5.74, 6) is -0.520. The summed E-state index contributed by atoms with van der Waals surface area (Å²) in [6.45, 7) is 4.32. The van der Waals surface area contributed by atoms with Gasteiger partial charge < -0.3 is 9.64 Å². The molecule has 4 nitrogen and oxygen atoms in total. The largest absolute Gasteiger partial charge is 0.449 e. The van der Waals surface area contributed by atoms with Crippen molar-refractivity contribution in [2.75, 3.05) is 13.7 Å². The Morgan fingerprint density at radius 1 is 1.63 bits per heavy atom. The molecule has 0 aliphatic rings. The number of unbranched alkanes of at least 4 members (excludes halogenated alkanes) is 1. The summed E-state index contributed by atoms with van der Waals surface area (Å²) in [6, 6.07) is 1.14. The first-order valence-corrected chi connectivity index (χ1v) is 7.25. The van der Waals surface area contributed by atoms with Crippen LogP contribution in [-0.4, -0.2) is 29.6 Å². The van der Waals surface area contributed by atoms with E-state index in [1.54, 1.807) is 7.05 Å². The summed E-state index contributed by atoms with van der Waals surface area (Å²) in [4.78, 5) is 16.9. The van der Waals surface area contributed by atoms with E-state index in [-0.39, 0.29) is 12.1 Å². The van der Waals surface area contributed by atoms with Gasteiger partial charge in [0, 0.05) is 28.4 Å². The van der Waals surface area contributed by atoms with E-state index in [1.807, 2.05) is 36.4 Å². The molecule has 0 spiro atoms. The van der Waals surface area contributed by atoms with E-state index in [2.05, 4.69) is 4.98 Å². The molecule has 0 saturated heterocycles. The third kappa shape index (κ3) is 4.59. The first-order chi connectivity index (χ1) is 8.97. The van der Waals surface area contributed by atoms with Crippen molar-refractivity contribution in [3.05, 3.63) is 27.3 Å². The monoisotopic (exact) mass is 380 g/mol. The lowest BCUT2D eigenvalue weighted by Crippen LogP contribution is -2.31. The fourth-order valence-corrected chi connectivity index (χ4v) is 2.34. The van der Waals surface area contributed by atoms with Crippen molar-refractivity contribution in [3.63, 3.8) is 0 Å². The van der Waals surface area contributed by atoms with E-state index in [0.29, 0.717) is 6.61 Å². The van der Waals surface area contributed by atoms with E-state index in [9.17, 15) is 9.18 Å². The van der Waals surface area contributed by atoms with Crippen molar-refractivity contribution in [1.82, 2.24) is 9.88 Å². The lowest BCUT2D eigenvalue weighted by molar-refractivity contribution is 0.0981. The topological polar surface area (TPSA) is 42.4 Å². The number of hydrogen-bond acceptors (Lipinski definition) is 3. The number of ether oxygens (including phenoxy) is 1. The molecule has 0 bridgehead atoms. The van der Waals surface area contributed by atoms with Gasteiger partial charge in [-0.2, -0.15) is 4.39 Å². The highest BCUT2D eigenvalue weighted by Crippen LogP contribution is 2.24. The van der Waals surface area contributed by atoms with Gasteiger partial charge in [0.1, 0.15) is 0 Å². The highest BCUT2D eigenvalue weighted by atomic mass is 127. The maximum atomic E-state index is 13.0. The second-order valence-electron chi connectivity index (χ2n) is 4.28. The van der Waals surface area contributed by atoms with Crippen molar-refractivity contribution >= 4 is 28.7 Å². The van der Waals surface area contributed by atoms with E-state index < -0.39 is 5.95 Å². The Morgan fingerprint density at radius 3 is 2.89 bits per heavy atom. The summed E-state index contributed by atoms with van der Waals surface area (Å²) >= 11 is 2.03. The SMILES string of the molecule is CCCCOC(=O)N(C)C(C)c1cnc(F)cc1I. The molecule has 1 aromatic rings. The van der Waals surface area contributed by atoms with Crippen molar-refractivity contribution < 1.29 is 13.9 Å². The number of halogens is 2. The number of nitrogens with zero attached hydrogens (tertiary/aromatic N) is 2. The molecule has 0 aromatic carbocycles. The minimum absolute atomic E-state index is 0.214. The van der Waals surface area contributed by atoms with Gasteiger partial charge in [0.25, 0.3) is 0 Å². The predicted molar refractivity (Wildman–Crippen MR) is 79.3 cm³/mol. The number of hydrogen-bond donors (Lipinski definition) is 0. The van der Waals surface area contributed by atoms with Crippen molar-refractivity contribution in [1.29, 1.82) is 0 Å². The molecule has 1 amide bonds. The van der Waals surface area contributed by atoms with Crippen LogP contribution in [0.4, 0.5) is 9.18 Å². The zero-order chi connectivity index (χ0) is 14.4. The zero-order valence-electron chi connectivity index (χ0n) is 11.3. The number of pyridine rings is 1. The zero-order valence-corrected chi connectivity index (χ0v) is 13.5. The van der Waals surface area contributed by atoms with Crippen LogP contribution in [0, 0.1) is 9.52 Å². The maximum absolute atomic E-state index is 13.0. The lowest BCUT2D eigenvalue weighted by Gasteiger charge is -2.25. The molecule has 19 heavy (non-hydrogen) atoms. The molecule has 0 radical (unpaired) electrons. The Kier molecular flexibility index (Phi) is 6.47. The maximum Gasteiger partial charge on any atom is 0.410 e. The predicted octanol–water partition coefficient (Wildman–Crippen LogP) is 3.75. The molecule has 1 rings (SSSR count). The molecule has 0 saturated carbocycles. The van der Waals surface area contributed by atoms with E-state index in [1.165, 1.54) is 17.2 Å². The summed E-state index contributed by atoms with van der Waals surface area (Å²) in [5, 5.41) is 0. The van der Waals surface area contributed by atoms with Crippen molar-refractivity contribution in [2.24, 2.45) is 0 Å². The van der Waals surface area contributed by atoms with Crippen LogP contribution in [0.25, 0.3) is 0 Å². The van der Waals surface area contributed by atoms with Gasteiger partial charge >= 0.3 is 6.09 Å². The average Bonchev–Trinajstić information content (AvgIpc) is 2.37. The summed E-state index contributed by atoms with van der Waals surface area (Å²) < 4.78 is 18.8. The van der Waals surface area contributed by atoms with Crippen LogP contribution >= 0.6 is 22.6 Å². The van der Waals surface area contributed by atoms with Crippen LogP contribution in [0.1, 0.15) is 38.3 Å². The average molecular weight is 380 g/mol. The van der Waals surface area contributed by atoms with Crippen LogP contribution in [0.2, 0.25) is 0 Å². The van der Waals surface area contributed by atoms with Gasteiger partial charge in [-0.05, 0) is 35.9 Å². The highest BCUT2D eigenvalue weighted by molar-refractivity contribution is 14.1. The van der Waals surface area contributed by atoms with Gasteiger partial charge in [-0.15, -0.1) is 0 Å². The molecule has 0 fully saturated rings. The molecular formula is C13H18FIN2O2. The summed E-state index contributed by atoms with van der Waals surface area (Å²) in [5.41, 5.74) is 0.803. The Hall–Kier alpha value is -0.920. The van der Waals surface area contributed by atoms with Crippen molar-refractivity contribution in [3.8, 4) is 0 Å². The highest BCUT2D eigenvalue weighted by Gasteiger charge is 2.21. The molecular weight excluding hydrogens is 362 g/mol. The van der Waals surface area contributed by atoms with Crippen LogP contribution in [0.5, 0.6) is 0 Å². The van der Waals surface area contributed by atoms with Gasteiger partial charge in [0.2, 0.25) is 5.95 Å². The Labute approximate surface area is 126 Å². The number of carbonyl (C=O) groups is 1. The smallest absolute Gasteiger partial charge is 0.410 e. The van der Waals surface area contributed by atoms with Crippen LogP contribution < -0.4 is 0 Å². The second kappa shape index (κ2) is 7.62. The molecule has 1 atom stereocenters. The molecule has 1 unspecified atom stereocenters. The van der Waals surface area contributed by atoms with Crippen LogP contribution in [-0.2, 0) is 4.74 Å². The molecule has 0 N–H and O–H groups in total. The van der Waals surface area contributed by atoms with Gasteiger partial charge in [-0.3, -0.25) is 0 Å². The lowest BCUT2D eigenvalue weighted by atomic mass is 10.1. The number of carbonyl (C=O) groups excluding carboxylic acids is 1. The van der Waals surface area contributed by atoms with E-state index in [4.69, 9.17) is 4.74 Å². The van der Waals surface area contributed by atoms with Gasteiger partial charge in [-0.1, -0.05) is 13.3 Å². The first kappa shape index (κ1) is 16.1. The molecule has 6 heteroatoms. The molecule has 0 aliphatic heterocycles. The van der Waals surface area contributed by atoms with Gasteiger partial charge in [-0.25, -0.2) is 9.78 Å². The quantitative estimate of drug-likeness (QED) is 0.444. The Balaban J connectivity index is 2.70.